The lowest BCUT2D eigenvalue weighted by Crippen LogP contribution is -2.39. The lowest BCUT2D eigenvalue weighted by Gasteiger charge is -2.24. The topological polar surface area (TPSA) is 60.7 Å². The number of hydrogen-bond acceptors (Lipinski definition) is 5. The molecule has 1 aliphatic rings. The van der Waals surface area contributed by atoms with Crippen LogP contribution in [0.25, 0.3) is 6.08 Å². The van der Waals surface area contributed by atoms with E-state index in [1.54, 1.807) is 11.5 Å². The number of nitrogens with zero attached hydrogens (tertiary/aromatic N) is 2. The highest BCUT2D eigenvalue weighted by Crippen LogP contribution is 2.30. The molecule has 0 saturated carbocycles. The number of hydrogen-bond donors (Lipinski definition) is 0. The molecule has 4 rings (SSSR count). The summed E-state index contributed by atoms with van der Waals surface area (Å²) >= 11 is 1.32. The predicted molar refractivity (Wildman–Crippen MR) is 123 cm³/mol. The second-order valence-electron chi connectivity index (χ2n) is 7.29. The maximum absolute atomic E-state index is 13.4. The molecule has 0 fully saturated rings. The lowest BCUT2D eigenvalue weighted by molar-refractivity contribution is -0.138. The van der Waals surface area contributed by atoms with Crippen molar-refractivity contribution in [1.29, 1.82) is 0 Å². The second-order valence-corrected chi connectivity index (χ2v) is 8.30. The smallest absolute Gasteiger partial charge is 0.338 e. The zero-order chi connectivity index (χ0) is 22.0. The summed E-state index contributed by atoms with van der Waals surface area (Å²) in [5.74, 6) is -0.497. The van der Waals surface area contributed by atoms with Crippen LogP contribution in [0, 0.1) is 6.92 Å². The molecule has 1 atom stereocenters. The molecule has 31 heavy (non-hydrogen) atoms. The molecule has 3 aromatic rings. The molecular weight excluding hydrogens is 408 g/mol. The summed E-state index contributed by atoms with van der Waals surface area (Å²) in [5.41, 5.74) is 3.65. The van der Waals surface area contributed by atoms with Crippen molar-refractivity contribution < 1.29 is 9.53 Å². The first-order valence-electron chi connectivity index (χ1n) is 9.92. The van der Waals surface area contributed by atoms with E-state index in [0.717, 1.165) is 16.7 Å². The first-order valence-corrected chi connectivity index (χ1v) is 10.7. The largest absolute Gasteiger partial charge is 0.458 e. The van der Waals surface area contributed by atoms with E-state index in [2.05, 4.69) is 11.6 Å². The Morgan fingerprint density at radius 1 is 1.16 bits per heavy atom. The van der Waals surface area contributed by atoms with E-state index >= 15 is 0 Å². The minimum absolute atomic E-state index is 0.0922. The van der Waals surface area contributed by atoms with Crippen molar-refractivity contribution in [2.45, 2.75) is 19.9 Å². The van der Waals surface area contributed by atoms with Crippen molar-refractivity contribution in [1.82, 2.24) is 4.57 Å². The quantitative estimate of drug-likeness (QED) is 0.461. The molecule has 0 aliphatic carbocycles. The van der Waals surface area contributed by atoms with Crippen LogP contribution in [0.15, 0.2) is 88.3 Å². The van der Waals surface area contributed by atoms with E-state index < -0.39 is 12.0 Å². The predicted octanol–water partition coefficient (Wildman–Crippen LogP) is 3.27. The minimum Gasteiger partial charge on any atom is -0.458 e. The Labute approximate surface area is 184 Å². The van der Waals surface area contributed by atoms with Gasteiger partial charge in [0.1, 0.15) is 6.61 Å². The highest BCUT2D eigenvalue weighted by molar-refractivity contribution is 7.07. The fourth-order valence-corrected chi connectivity index (χ4v) is 4.61. The summed E-state index contributed by atoms with van der Waals surface area (Å²) in [4.78, 5) is 31.5. The Bertz CT molecular complexity index is 1350. The van der Waals surface area contributed by atoms with Crippen LogP contribution in [0.3, 0.4) is 0 Å². The normalized spacial score (nSPS) is 15.9. The number of esters is 1. The Morgan fingerprint density at radius 2 is 1.87 bits per heavy atom. The van der Waals surface area contributed by atoms with Crippen molar-refractivity contribution in [3.8, 4) is 0 Å². The molecule has 0 bridgehead atoms. The van der Waals surface area contributed by atoms with E-state index in [0.29, 0.717) is 20.6 Å². The second kappa shape index (κ2) is 8.70. The van der Waals surface area contributed by atoms with Gasteiger partial charge in [0.25, 0.3) is 5.56 Å². The number of thiazole rings is 1. The Morgan fingerprint density at radius 3 is 2.55 bits per heavy atom. The van der Waals surface area contributed by atoms with E-state index in [1.807, 2.05) is 67.6 Å². The Hall–Kier alpha value is -3.51. The molecule has 2 heterocycles. The summed E-state index contributed by atoms with van der Waals surface area (Å²) < 4.78 is 7.49. The number of allylic oxidation sites excluding steroid dienone is 1. The van der Waals surface area contributed by atoms with Gasteiger partial charge in [-0.25, -0.2) is 9.79 Å². The molecule has 0 amide bonds. The fourth-order valence-electron chi connectivity index (χ4n) is 3.56. The monoisotopic (exact) mass is 430 g/mol. The number of carbonyl (C=O) groups is 1. The molecule has 1 aromatic heterocycles. The summed E-state index contributed by atoms with van der Waals surface area (Å²) in [7, 11) is 0. The maximum atomic E-state index is 13.4. The number of rotatable bonds is 5. The third-order valence-electron chi connectivity index (χ3n) is 5.06. The van der Waals surface area contributed by atoms with Crippen LogP contribution in [-0.2, 0) is 9.53 Å². The molecule has 1 aliphatic heterocycles. The van der Waals surface area contributed by atoms with Gasteiger partial charge in [0.05, 0.1) is 21.8 Å². The summed E-state index contributed by atoms with van der Waals surface area (Å²) in [6.45, 7) is 7.49. The van der Waals surface area contributed by atoms with Crippen molar-refractivity contribution in [3.05, 3.63) is 115 Å². The van der Waals surface area contributed by atoms with Gasteiger partial charge in [0.2, 0.25) is 0 Å². The molecule has 0 unspecified atom stereocenters. The van der Waals surface area contributed by atoms with Gasteiger partial charge < -0.3 is 4.74 Å². The Balaban J connectivity index is 1.92. The molecule has 6 heteroatoms. The lowest BCUT2D eigenvalue weighted by atomic mass is 9.96. The van der Waals surface area contributed by atoms with Crippen molar-refractivity contribution in [2.75, 3.05) is 6.61 Å². The molecule has 0 spiro atoms. The van der Waals surface area contributed by atoms with Crippen LogP contribution >= 0.6 is 11.3 Å². The number of ether oxygens (including phenoxy) is 1. The molecule has 0 N–H and O–H groups in total. The number of benzene rings is 2. The van der Waals surface area contributed by atoms with Crippen molar-refractivity contribution >= 4 is 23.4 Å². The van der Waals surface area contributed by atoms with Crippen molar-refractivity contribution in [3.63, 3.8) is 0 Å². The van der Waals surface area contributed by atoms with Gasteiger partial charge in [-0.3, -0.25) is 9.36 Å². The van der Waals surface area contributed by atoms with Gasteiger partial charge in [0, 0.05) is 0 Å². The van der Waals surface area contributed by atoms with Crippen molar-refractivity contribution in [2.24, 2.45) is 4.99 Å². The average Bonchev–Trinajstić information content (AvgIpc) is 3.07. The molecule has 2 aromatic carbocycles. The third kappa shape index (κ3) is 4.07. The SMILES string of the molecule is C=CCOC(=O)C1=C(C)N=c2s/c(=C/c3ccc(C)cc3)c(=O)n2[C@@H]1c1ccccc1. The average molecular weight is 431 g/mol. The van der Waals surface area contributed by atoms with Gasteiger partial charge >= 0.3 is 5.97 Å². The maximum Gasteiger partial charge on any atom is 0.338 e. The Kier molecular flexibility index (Phi) is 5.82. The standard InChI is InChI=1S/C25H22N2O3S/c1-4-14-30-24(29)21-17(3)26-25-27(22(21)19-8-6-5-7-9-19)23(28)20(31-25)15-18-12-10-16(2)11-13-18/h4-13,15,22H,1,14H2,2-3H3/b20-15+/t22-/m1/s1. The summed E-state index contributed by atoms with van der Waals surface area (Å²) in [6, 6.07) is 16.9. The minimum atomic E-state index is -0.602. The third-order valence-corrected chi connectivity index (χ3v) is 6.05. The van der Waals surface area contributed by atoms with Gasteiger partial charge in [-0.2, -0.15) is 0 Å². The summed E-state index contributed by atoms with van der Waals surface area (Å²) in [6.07, 6.45) is 3.38. The number of carbonyl (C=O) groups excluding carboxylic acids is 1. The number of fused-ring (bicyclic) bond motifs is 1. The van der Waals surface area contributed by atoms with Gasteiger partial charge in [0.15, 0.2) is 4.80 Å². The van der Waals surface area contributed by atoms with Gasteiger partial charge in [-0.05, 0) is 31.1 Å². The van der Waals surface area contributed by atoms with Crippen LogP contribution in [0.1, 0.15) is 29.7 Å². The van der Waals surface area contributed by atoms with E-state index in [9.17, 15) is 9.59 Å². The molecule has 0 saturated heterocycles. The fraction of sp³-hybridized carbons (Fsp3) is 0.160. The van der Waals surface area contributed by atoms with E-state index in [-0.39, 0.29) is 12.2 Å². The highest BCUT2D eigenvalue weighted by atomic mass is 32.1. The number of aryl methyl sites for hydroxylation is 1. The first-order chi connectivity index (χ1) is 15.0. The van der Waals surface area contributed by atoms with Crippen LogP contribution in [0.5, 0.6) is 0 Å². The zero-order valence-corrected chi connectivity index (χ0v) is 18.2. The molecule has 0 radical (unpaired) electrons. The first kappa shape index (κ1) is 20.8. The van der Waals surface area contributed by atoms with Crippen LogP contribution in [0.4, 0.5) is 0 Å². The molecular formula is C25H22N2O3S. The number of aromatic nitrogens is 1. The van der Waals surface area contributed by atoms with E-state index in [1.165, 1.54) is 17.4 Å². The van der Waals surface area contributed by atoms with Crippen LogP contribution < -0.4 is 14.9 Å². The molecule has 156 valence electrons. The van der Waals surface area contributed by atoms with Crippen LogP contribution in [-0.4, -0.2) is 17.1 Å². The van der Waals surface area contributed by atoms with Gasteiger partial charge in [-0.15, -0.1) is 0 Å². The van der Waals surface area contributed by atoms with Gasteiger partial charge in [-0.1, -0.05) is 84.2 Å². The zero-order valence-electron chi connectivity index (χ0n) is 17.4. The van der Waals surface area contributed by atoms with E-state index in [4.69, 9.17) is 4.74 Å². The highest BCUT2D eigenvalue weighted by Gasteiger charge is 2.33. The van der Waals surface area contributed by atoms with Crippen LogP contribution in [0.2, 0.25) is 0 Å². The summed E-state index contributed by atoms with van der Waals surface area (Å²) in [5, 5.41) is 0. The molecule has 5 nitrogen and oxygen atoms in total.